The van der Waals surface area contributed by atoms with Gasteiger partial charge in [-0.2, -0.15) is 0 Å². The Morgan fingerprint density at radius 2 is 0.596 bits per heavy atom. The van der Waals surface area contributed by atoms with E-state index in [2.05, 4.69) is 135 Å². The van der Waals surface area contributed by atoms with Gasteiger partial charge in [0.1, 0.15) is 79.5 Å². The smallest absolute Gasteiger partial charge is 0.453 e. The molecule has 0 saturated carbocycles. The van der Waals surface area contributed by atoms with Crippen molar-refractivity contribution in [1.29, 1.82) is 0 Å². The maximum atomic E-state index is 7.36. The van der Waals surface area contributed by atoms with Crippen molar-refractivity contribution in [3.8, 4) is 68.2 Å². The molecule has 1 fully saturated rings. The first-order valence-electron chi connectivity index (χ1n) is 36.5. The molecule has 0 atom stereocenters. The number of rotatable bonds is 14. The van der Waals surface area contributed by atoms with Crippen LogP contribution in [0.5, 0.6) is 46.0 Å². The lowest BCUT2D eigenvalue weighted by molar-refractivity contribution is 0.0425. The average Bonchev–Trinajstić information content (AvgIpc) is 1.35. The lowest BCUT2D eigenvalue weighted by atomic mass is 9.81. The molecule has 14 rings (SSSR count). The molecule has 0 aliphatic carbocycles. The van der Waals surface area contributed by atoms with Crippen molar-refractivity contribution in [2.45, 2.75) is 146 Å². The van der Waals surface area contributed by atoms with Crippen LogP contribution in [-0.2, 0) is 30.7 Å². The summed E-state index contributed by atoms with van der Waals surface area (Å²) in [5.74, 6) is 5.18. The number of para-hydroxylation sites is 4. The molecule has 1 aliphatic rings. The Bertz CT molecular complexity index is 5350. The highest BCUT2D eigenvalue weighted by molar-refractivity contribution is 7.42. The minimum absolute atomic E-state index is 0.138. The summed E-state index contributed by atoms with van der Waals surface area (Å²) < 4.78 is 104. The van der Waals surface area contributed by atoms with E-state index in [1.807, 2.05) is 159 Å². The average molecular weight is 1550 g/mol. The van der Waals surface area contributed by atoms with Crippen molar-refractivity contribution < 1.29 is 71.3 Å². The lowest BCUT2D eigenvalue weighted by Gasteiger charge is -2.34. The van der Waals surface area contributed by atoms with Crippen molar-refractivity contribution in [1.82, 2.24) is 0 Å². The van der Waals surface area contributed by atoms with Crippen molar-refractivity contribution in [2.75, 3.05) is 41.7 Å². The van der Waals surface area contributed by atoms with Gasteiger partial charge >= 0.3 is 33.3 Å². The summed E-state index contributed by atoms with van der Waals surface area (Å²) >= 11 is 0. The number of aryl methyl sites for hydroxylation is 4. The topological polar surface area (TPSA) is 171 Å². The number of hydrogen-bond donors (Lipinski definition) is 0. The Labute approximate surface area is 642 Å². The molecular weight excluding hydrogens is 1450 g/mol. The Balaban J connectivity index is 0.000000197. The van der Waals surface area contributed by atoms with Crippen LogP contribution in [0.2, 0.25) is 0 Å². The standard InChI is InChI=1S/C49H66O10P2.C40H32O6P2/c1-45(2,3)37-23-29(50-15)19-33(41(37)56-60-54-27-49(13,14)28-55-60)34-20-30(51-16)24-38(46(4,5)6)42(34)57-61-58-43-35(21-31(52-17)25-39(43)47(7,8)9)36-22-32(53-18)26-40(44(36)59-61)48(10,11)12;1-25-21-27(3)39(45-47-41-35-17-9-5-13-29(35)30-14-6-10-18-36(30)42-47)33(23-25)34-24-26(2)22-28(4)40(34)46-48-43-37-19-11-7-15-31(37)32-16-8-12-20-38(32)44-48/h19-26H,27-28H2,1-18H3;5-24H,1-4H3. The Morgan fingerprint density at radius 3 is 0.927 bits per heavy atom. The Kier molecular flexibility index (Phi) is 22.0. The molecule has 0 N–H and O–H groups in total. The summed E-state index contributed by atoms with van der Waals surface area (Å²) in [6, 6.07) is 56.3. The normalized spacial score (nSPS) is 13.5. The number of methoxy groups -OCH3 is 4. The van der Waals surface area contributed by atoms with Crippen LogP contribution in [0.4, 0.5) is 0 Å². The second-order valence-electron chi connectivity index (χ2n) is 32.6. The molecule has 3 aromatic heterocycles. The highest BCUT2D eigenvalue weighted by atomic mass is 31.2. The van der Waals surface area contributed by atoms with Gasteiger partial charge in [-0.3, -0.25) is 0 Å². The maximum absolute atomic E-state index is 7.36. The molecule has 0 bridgehead atoms. The van der Waals surface area contributed by atoms with E-state index in [1.165, 1.54) is 0 Å². The van der Waals surface area contributed by atoms with Crippen LogP contribution in [0.15, 0.2) is 195 Å². The van der Waals surface area contributed by atoms with Crippen LogP contribution >= 0.6 is 33.3 Å². The fourth-order valence-electron chi connectivity index (χ4n) is 13.5. The van der Waals surface area contributed by atoms with Crippen LogP contribution < -0.4 is 37.0 Å². The molecule has 4 heterocycles. The summed E-state index contributed by atoms with van der Waals surface area (Å²) in [5, 5.41) is 5.48. The summed E-state index contributed by atoms with van der Waals surface area (Å²) in [6.45, 7) is 39.3. The zero-order valence-corrected chi connectivity index (χ0v) is 70.0. The number of ether oxygens (including phenoxy) is 4. The second-order valence-corrected chi connectivity index (χ2v) is 36.8. The fourth-order valence-corrected chi connectivity index (χ4v) is 18.3. The molecule has 10 aromatic carbocycles. The van der Waals surface area contributed by atoms with Crippen LogP contribution in [0, 0.1) is 33.1 Å². The lowest BCUT2D eigenvalue weighted by Crippen LogP contribution is -2.29. The zero-order valence-electron chi connectivity index (χ0n) is 66.4. The SMILES string of the molecule is COc1cc(-c2cc(OC)cc(C(C)(C)C)c2Op2oc3c(C(C)(C)C)cc(OC)cc3c3cc(OC)cc(C(C)(C)C)c3o2)c(OP2OCC(C)(C)CO2)c(C(C)(C)C)c1.Cc1cc(C)c(Op2oc3ccccc3c3ccccc3o2)c(-c2cc(C)cc(C)c2Op2oc3ccccc3c3ccccc3o2)c1. The summed E-state index contributed by atoms with van der Waals surface area (Å²) in [7, 11) is -0.976. The van der Waals surface area contributed by atoms with Gasteiger partial charge in [0.05, 0.1) is 41.7 Å². The van der Waals surface area contributed by atoms with E-state index < -0.39 is 38.7 Å². The van der Waals surface area contributed by atoms with Crippen molar-refractivity contribution in [3.05, 3.63) is 214 Å². The van der Waals surface area contributed by atoms with E-state index >= 15 is 0 Å². The second kappa shape index (κ2) is 30.8. The van der Waals surface area contributed by atoms with E-state index in [-0.39, 0.29) is 21.7 Å². The third-order valence-electron chi connectivity index (χ3n) is 19.1. The summed E-state index contributed by atoms with van der Waals surface area (Å²) in [4.78, 5) is 0. The zero-order chi connectivity index (χ0) is 77.8. The molecule has 1 aliphatic heterocycles. The third-order valence-corrected chi connectivity index (χ3v) is 23.1. The number of fused-ring (bicyclic) bond motifs is 9. The van der Waals surface area contributed by atoms with Gasteiger partial charge in [0.2, 0.25) is 0 Å². The van der Waals surface area contributed by atoms with Crippen LogP contribution in [0.3, 0.4) is 0 Å². The van der Waals surface area contributed by atoms with E-state index in [4.69, 9.17) is 71.3 Å². The van der Waals surface area contributed by atoms with E-state index in [0.29, 0.717) is 104 Å². The van der Waals surface area contributed by atoms with Crippen molar-refractivity contribution in [2.24, 2.45) is 5.41 Å². The monoisotopic (exact) mass is 1550 g/mol. The molecule has 0 amide bonds. The molecule has 20 heteroatoms. The van der Waals surface area contributed by atoms with Crippen molar-refractivity contribution >= 4 is 99.1 Å². The molecule has 1 saturated heterocycles. The van der Waals surface area contributed by atoms with Gasteiger partial charge in [-0.15, -0.1) is 0 Å². The van der Waals surface area contributed by atoms with E-state index in [0.717, 1.165) is 88.0 Å². The van der Waals surface area contributed by atoms with Crippen LogP contribution in [0.1, 0.15) is 141 Å². The molecular formula is C89H98O16P4. The van der Waals surface area contributed by atoms with Gasteiger partial charge in [-0.05, 0) is 157 Å². The Morgan fingerprint density at radius 1 is 0.312 bits per heavy atom. The highest BCUT2D eigenvalue weighted by Gasteiger charge is 2.37. The van der Waals surface area contributed by atoms with E-state index in [9.17, 15) is 0 Å². The minimum atomic E-state index is -2.20. The molecule has 0 unspecified atom stereocenters. The predicted molar refractivity (Wildman–Crippen MR) is 444 cm³/mol. The summed E-state index contributed by atoms with van der Waals surface area (Å²) in [6.07, 6.45) is 0. The molecule has 570 valence electrons. The van der Waals surface area contributed by atoms with Crippen LogP contribution in [0.25, 0.3) is 88.1 Å². The summed E-state index contributed by atoms with van der Waals surface area (Å²) in [5.41, 5.74) is 13.4. The Hall–Kier alpha value is -9.35. The third kappa shape index (κ3) is 16.7. The van der Waals surface area contributed by atoms with Crippen molar-refractivity contribution in [3.63, 3.8) is 0 Å². The van der Waals surface area contributed by atoms with Gasteiger partial charge in [0.15, 0.2) is 0 Å². The quantitative estimate of drug-likeness (QED) is 0.0941. The van der Waals surface area contributed by atoms with Gasteiger partial charge in [-0.1, -0.05) is 182 Å². The minimum Gasteiger partial charge on any atom is -0.497 e. The van der Waals surface area contributed by atoms with Gasteiger partial charge in [0, 0.05) is 82.2 Å². The molecule has 109 heavy (non-hydrogen) atoms. The van der Waals surface area contributed by atoms with Gasteiger partial charge < -0.3 is 71.3 Å². The first-order valence-corrected chi connectivity index (χ1v) is 40.8. The molecule has 0 radical (unpaired) electrons. The largest absolute Gasteiger partial charge is 0.497 e. The first-order chi connectivity index (χ1) is 51.7. The number of benzene rings is 10. The maximum Gasteiger partial charge on any atom is 0.453 e. The van der Waals surface area contributed by atoms with E-state index in [1.54, 1.807) is 28.4 Å². The van der Waals surface area contributed by atoms with Gasteiger partial charge in [-0.25, -0.2) is 0 Å². The predicted octanol–water partition coefficient (Wildman–Crippen LogP) is 28.2. The van der Waals surface area contributed by atoms with Gasteiger partial charge in [0.25, 0.3) is 0 Å². The molecule has 0 spiro atoms. The molecule has 16 nitrogen and oxygen atoms in total. The molecule has 13 aromatic rings. The fraction of sp³-hybridized carbons (Fsp3) is 0.326. The highest BCUT2D eigenvalue weighted by Crippen LogP contribution is 2.58. The number of hydrogen-bond acceptors (Lipinski definition) is 16. The first kappa shape index (κ1) is 77.8. The van der Waals surface area contributed by atoms with Crippen LogP contribution in [-0.4, -0.2) is 41.7 Å².